The van der Waals surface area contributed by atoms with Crippen LogP contribution in [-0.2, 0) is 20.7 Å². The number of carbonyl (C=O) groups excluding carboxylic acids is 3. The summed E-state index contributed by atoms with van der Waals surface area (Å²) in [6.45, 7) is 10.9. The van der Waals surface area contributed by atoms with E-state index in [-0.39, 0.29) is 24.0 Å². The van der Waals surface area contributed by atoms with Crippen molar-refractivity contribution in [1.82, 2.24) is 16.0 Å². The molecule has 42 heavy (non-hydrogen) atoms. The summed E-state index contributed by atoms with van der Waals surface area (Å²) < 4.78 is 5.39. The van der Waals surface area contributed by atoms with Crippen LogP contribution >= 0.6 is 0 Å². The van der Waals surface area contributed by atoms with Gasteiger partial charge in [-0.05, 0) is 87.9 Å². The molecule has 0 saturated carbocycles. The molecule has 0 radical (unpaired) electrons. The maximum Gasteiger partial charge on any atom is 0.408 e. The molecule has 8 heteroatoms. The number of aromatic hydroxyl groups is 1. The monoisotopic (exact) mass is 573 g/mol. The molecule has 0 heterocycles. The molecular weight excluding hydrogens is 530 g/mol. The summed E-state index contributed by atoms with van der Waals surface area (Å²) in [6, 6.07) is 21.7. The van der Waals surface area contributed by atoms with Gasteiger partial charge in [0.2, 0.25) is 11.8 Å². The van der Waals surface area contributed by atoms with Crippen LogP contribution < -0.4 is 16.0 Å². The van der Waals surface area contributed by atoms with Crippen LogP contribution in [0.3, 0.4) is 0 Å². The zero-order valence-electron chi connectivity index (χ0n) is 25.4. The van der Waals surface area contributed by atoms with Crippen LogP contribution in [0.5, 0.6) is 5.75 Å². The predicted octanol–water partition coefficient (Wildman–Crippen LogP) is 5.29. The minimum atomic E-state index is -1.00. The number of aryl methyl sites for hydroxylation is 2. The van der Waals surface area contributed by atoms with Gasteiger partial charge < -0.3 is 25.8 Å². The van der Waals surface area contributed by atoms with Gasteiger partial charge in [-0.25, -0.2) is 4.79 Å². The lowest BCUT2D eigenvalue weighted by Crippen LogP contribution is -2.54. The highest BCUT2D eigenvalue weighted by atomic mass is 16.6. The largest absolute Gasteiger partial charge is 0.508 e. The fourth-order valence-electron chi connectivity index (χ4n) is 4.92. The van der Waals surface area contributed by atoms with Crippen LogP contribution in [-0.4, -0.2) is 47.2 Å². The Hall–Kier alpha value is -4.33. The number of nitrogens with one attached hydrogen (secondary N) is 3. The van der Waals surface area contributed by atoms with Gasteiger partial charge in [0, 0.05) is 18.9 Å². The van der Waals surface area contributed by atoms with Gasteiger partial charge >= 0.3 is 6.09 Å². The van der Waals surface area contributed by atoms with Crippen molar-refractivity contribution >= 4 is 17.9 Å². The van der Waals surface area contributed by atoms with E-state index < -0.39 is 29.7 Å². The number of ether oxygens (including phenoxy) is 1. The van der Waals surface area contributed by atoms with Crippen molar-refractivity contribution in [3.8, 4) is 5.75 Å². The van der Waals surface area contributed by atoms with Crippen LogP contribution in [0.2, 0.25) is 0 Å². The molecule has 0 saturated heterocycles. The van der Waals surface area contributed by atoms with Crippen molar-refractivity contribution in [1.29, 1.82) is 0 Å². The Morgan fingerprint density at radius 3 is 1.86 bits per heavy atom. The molecule has 8 nitrogen and oxygen atoms in total. The highest BCUT2D eigenvalue weighted by Gasteiger charge is 2.28. The zero-order chi connectivity index (χ0) is 30.9. The number of amides is 3. The molecule has 3 aromatic rings. The van der Waals surface area contributed by atoms with E-state index in [1.54, 1.807) is 39.8 Å². The Labute approximate surface area is 248 Å². The quantitative estimate of drug-likeness (QED) is 0.249. The third-order valence-electron chi connectivity index (χ3n) is 6.98. The predicted molar refractivity (Wildman–Crippen MR) is 164 cm³/mol. The average molecular weight is 574 g/mol. The molecule has 3 amide bonds. The number of hydrogen-bond acceptors (Lipinski definition) is 5. The minimum absolute atomic E-state index is 0.108. The fraction of sp³-hybridized carbons (Fsp3) is 0.382. The van der Waals surface area contributed by atoms with Crippen LogP contribution in [0.4, 0.5) is 4.79 Å². The SMILES string of the molecule is Cc1cc(O)cc(C)c1C[C@H](NC(=O)OC(C)(C)C)C(=O)N[C@H](C)C(=O)NCCC(c1ccccc1)c1ccccc1. The average Bonchev–Trinajstić information content (AvgIpc) is 2.92. The first-order chi connectivity index (χ1) is 19.8. The molecule has 4 N–H and O–H groups in total. The summed E-state index contributed by atoms with van der Waals surface area (Å²) in [6.07, 6.45) is 0.109. The van der Waals surface area contributed by atoms with E-state index in [0.29, 0.717) is 13.0 Å². The lowest BCUT2D eigenvalue weighted by atomic mass is 9.88. The highest BCUT2D eigenvalue weighted by Crippen LogP contribution is 2.27. The van der Waals surface area contributed by atoms with Crippen molar-refractivity contribution in [2.75, 3.05) is 6.54 Å². The number of alkyl carbamates (subject to hydrolysis) is 1. The van der Waals surface area contributed by atoms with Gasteiger partial charge in [-0.1, -0.05) is 60.7 Å². The van der Waals surface area contributed by atoms with Crippen molar-refractivity contribution in [2.45, 2.75) is 78.0 Å². The summed E-state index contributed by atoms with van der Waals surface area (Å²) in [7, 11) is 0. The molecule has 0 aromatic heterocycles. The maximum atomic E-state index is 13.4. The molecule has 0 bridgehead atoms. The Kier molecular flexibility index (Phi) is 11.1. The van der Waals surface area contributed by atoms with Gasteiger partial charge in [-0.15, -0.1) is 0 Å². The molecule has 0 aliphatic rings. The number of phenolic OH excluding ortho intramolecular Hbond substituents is 1. The molecule has 0 aliphatic heterocycles. The van der Waals surface area contributed by atoms with Crippen LogP contribution in [0.25, 0.3) is 0 Å². The molecule has 3 rings (SSSR count). The standard InChI is InChI=1S/C34H43N3O5/c1-22-19-27(38)20-23(2)29(22)21-30(37-33(41)42-34(4,5)6)32(40)36-24(3)31(39)35-18-17-28(25-13-9-7-10-14-25)26-15-11-8-12-16-26/h7-16,19-20,24,28,30,38H,17-18,21H2,1-6H3,(H,35,39)(H,36,40)(H,37,41)/t24-,30+/m1/s1. The van der Waals surface area contributed by atoms with Gasteiger partial charge in [0.05, 0.1) is 0 Å². The molecule has 2 atom stereocenters. The van der Waals surface area contributed by atoms with Crippen molar-refractivity contribution in [2.24, 2.45) is 0 Å². The smallest absolute Gasteiger partial charge is 0.408 e. The van der Waals surface area contributed by atoms with E-state index in [2.05, 4.69) is 40.2 Å². The number of rotatable bonds is 11. The third-order valence-corrected chi connectivity index (χ3v) is 6.98. The van der Waals surface area contributed by atoms with Gasteiger partial charge in [0.1, 0.15) is 23.4 Å². The zero-order valence-corrected chi connectivity index (χ0v) is 25.4. The third kappa shape index (κ3) is 9.65. The van der Waals surface area contributed by atoms with E-state index in [1.165, 1.54) is 0 Å². The fourth-order valence-corrected chi connectivity index (χ4v) is 4.92. The Balaban J connectivity index is 1.66. The lowest BCUT2D eigenvalue weighted by Gasteiger charge is -2.25. The van der Waals surface area contributed by atoms with Gasteiger partial charge in [-0.2, -0.15) is 0 Å². The number of phenols is 1. The molecule has 0 spiro atoms. The van der Waals surface area contributed by atoms with E-state index in [9.17, 15) is 19.5 Å². The summed E-state index contributed by atoms with van der Waals surface area (Å²) in [5.41, 5.74) is 3.96. The van der Waals surface area contributed by atoms with Crippen LogP contribution in [0, 0.1) is 13.8 Å². The topological polar surface area (TPSA) is 117 Å². The summed E-state index contributed by atoms with van der Waals surface area (Å²) in [4.78, 5) is 39.0. The number of benzene rings is 3. The minimum Gasteiger partial charge on any atom is -0.508 e. The van der Waals surface area contributed by atoms with Crippen molar-refractivity contribution < 1.29 is 24.2 Å². The van der Waals surface area contributed by atoms with E-state index >= 15 is 0 Å². The summed E-state index contributed by atoms with van der Waals surface area (Å²) >= 11 is 0. The first-order valence-corrected chi connectivity index (χ1v) is 14.3. The molecule has 3 aromatic carbocycles. The first-order valence-electron chi connectivity index (χ1n) is 14.3. The van der Waals surface area contributed by atoms with E-state index in [1.807, 2.05) is 50.2 Å². The molecule has 0 fully saturated rings. The van der Waals surface area contributed by atoms with Gasteiger partial charge in [0.25, 0.3) is 0 Å². The van der Waals surface area contributed by atoms with Crippen LogP contribution in [0.1, 0.15) is 67.9 Å². The van der Waals surface area contributed by atoms with Gasteiger partial charge in [-0.3, -0.25) is 9.59 Å². The van der Waals surface area contributed by atoms with Crippen molar-refractivity contribution in [3.05, 3.63) is 101 Å². The lowest BCUT2D eigenvalue weighted by molar-refractivity contribution is -0.129. The normalized spacial score (nSPS) is 12.7. The Morgan fingerprint density at radius 1 is 0.833 bits per heavy atom. The molecule has 0 aliphatic carbocycles. The van der Waals surface area contributed by atoms with Gasteiger partial charge in [0.15, 0.2) is 0 Å². The summed E-state index contributed by atoms with van der Waals surface area (Å²) in [5.74, 6) is -0.600. The Bertz CT molecular complexity index is 1290. The summed E-state index contributed by atoms with van der Waals surface area (Å²) in [5, 5.41) is 18.3. The highest BCUT2D eigenvalue weighted by molar-refractivity contribution is 5.91. The first kappa shape index (κ1) is 32.2. The maximum absolute atomic E-state index is 13.4. The van der Waals surface area contributed by atoms with E-state index in [0.717, 1.165) is 27.8 Å². The van der Waals surface area contributed by atoms with Crippen molar-refractivity contribution in [3.63, 3.8) is 0 Å². The molecule has 224 valence electrons. The Morgan fingerprint density at radius 2 is 1.36 bits per heavy atom. The van der Waals surface area contributed by atoms with Crippen LogP contribution in [0.15, 0.2) is 72.8 Å². The molecular formula is C34H43N3O5. The number of hydrogen-bond donors (Lipinski definition) is 4. The second-order valence-electron chi connectivity index (χ2n) is 11.6. The van der Waals surface area contributed by atoms with E-state index in [4.69, 9.17) is 4.74 Å². The second-order valence-corrected chi connectivity index (χ2v) is 11.6. The molecule has 0 unspecified atom stereocenters. The number of carbonyl (C=O) groups is 3. The second kappa shape index (κ2) is 14.5.